The summed E-state index contributed by atoms with van der Waals surface area (Å²) in [7, 11) is 1.65. The third-order valence-corrected chi connectivity index (χ3v) is 6.02. The number of amides is 1. The molecule has 26 heavy (non-hydrogen) atoms. The van der Waals surface area contributed by atoms with Crippen molar-refractivity contribution in [3.05, 3.63) is 54.0 Å². The van der Waals surface area contributed by atoms with Crippen LogP contribution in [0.5, 0.6) is 5.75 Å². The number of carbonyl (C=O) groups excluding carboxylic acids is 1. The molecule has 5 heteroatoms. The molecule has 2 aromatic rings. The smallest absolute Gasteiger partial charge is 0.290 e. The molecular formula is C21H25NO4. The molecule has 1 aromatic carbocycles. The number of carbonyl (C=O) groups is 1. The SMILES string of the molecule is COc1ccccc1C1C2CCCCC2(O)CCN1C(=O)c1ccco1. The number of hydrogen-bond acceptors (Lipinski definition) is 4. The van der Waals surface area contributed by atoms with Gasteiger partial charge in [0.2, 0.25) is 0 Å². The second-order valence-electron chi connectivity index (χ2n) is 7.37. The molecule has 0 bridgehead atoms. The zero-order valence-electron chi connectivity index (χ0n) is 15.1. The maximum absolute atomic E-state index is 13.1. The zero-order valence-corrected chi connectivity index (χ0v) is 15.1. The second kappa shape index (κ2) is 6.80. The number of piperidine rings is 1. The van der Waals surface area contributed by atoms with Crippen molar-refractivity contribution in [3.63, 3.8) is 0 Å². The number of aliphatic hydroxyl groups is 1. The molecule has 5 nitrogen and oxygen atoms in total. The van der Waals surface area contributed by atoms with Crippen LogP contribution in [0.3, 0.4) is 0 Å². The van der Waals surface area contributed by atoms with E-state index in [9.17, 15) is 9.90 Å². The van der Waals surface area contributed by atoms with Crippen molar-refractivity contribution in [2.75, 3.05) is 13.7 Å². The molecule has 1 saturated heterocycles. The van der Waals surface area contributed by atoms with Gasteiger partial charge in [-0.2, -0.15) is 0 Å². The molecule has 3 unspecified atom stereocenters. The quantitative estimate of drug-likeness (QED) is 0.910. The van der Waals surface area contributed by atoms with Gasteiger partial charge in [-0.3, -0.25) is 4.79 Å². The molecule has 2 aliphatic rings. The lowest BCUT2D eigenvalue weighted by molar-refractivity contribution is -0.115. The number of para-hydroxylation sites is 1. The summed E-state index contributed by atoms with van der Waals surface area (Å²) in [5.74, 6) is 0.967. The minimum Gasteiger partial charge on any atom is -0.496 e. The number of methoxy groups -OCH3 is 1. The molecule has 1 saturated carbocycles. The summed E-state index contributed by atoms with van der Waals surface area (Å²) >= 11 is 0. The van der Waals surface area contributed by atoms with Crippen LogP contribution in [0, 0.1) is 5.92 Å². The Balaban J connectivity index is 1.79. The first-order valence-corrected chi connectivity index (χ1v) is 9.34. The van der Waals surface area contributed by atoms with Gasteiger partial charge in [-0.15, -0.1) is 0 Å². The molecule has 0 radical (unpaired) electrons. The first-order valence-electron chi connectivity index (χ1n) is 9.34. The molecule has 2 fully saturated rings. The van der Waals surface area contributed by atoms with E-state index in [1.807, 2.05) is 29.2 Å². The summed E-state index contributed by atoms with van der Waals surface area (Å²) in [6.07, 6.45) is 5.94. The third kappa shape index (κ3) is 2.80. The summed E-state index contributed by atoms with van der Waals surface area (Å²) in [6.45, 7) is 0.509. The Morgan fingerprint density at radius 1 is 1.23 bits per heavy atom. The molecule has 1 aliphatic heterocycles. The number of ether oxygens (including phenoxy) is 1. The Labute approximate surface area is 153 Å². The van der Waals surface area contributed by atoms with Crippen LogP contribution in [-0.2, 0) is 0 Å². The van der Waals surface area contributed by atoms with Crippen LogP contribution in [0.15, 0.2) is 47.1 Å². The van der Waals surface area contributed by atoms with Crippen molar-refractivity contribution < 1.29 is 19.1 Å². The van der Waals surface area contributed by atoms with Gasteiger partial charge < -0.3 is 19.2 Å². The molecular weight excluding hydrogens is 330 g/mol. The van der Waals surface area contributed by atoms with E-state index in [1.54, 1.807) is 19.2 Å². The first kappa shape index (κ1) is 17.2. The largest absolute Gasteiger partial charge is 0.496 e. The van der Waals surface area contributed by atoms with Gasteiger partial charge in [0, 0.05) is 18.0 Å². The number of benzene rings is 1. The highest BCUT2D eigenvalue weighted by molar-refractivity contribution is 5.92. The predicted octanol–water partition coefficient (Wildman–Crippen LogP) is 3.80. The van der Waals surface area contributed by atoms with Crippen molar-refractivity contribution in [3.8, 4) is 5.75 Å². The first-order chi connectivity index (χ1) is 12.6. The van der Waals surface area contributed by atoms with E-state index in [-0.39, 0.29) is 17.9 Å². The van der Waals surface area contributed by atoms with E-state index in [0.717, 1.165) is 37.0 Å². The molecule has 138 valence electrons. The van der Waals surface area contributed by atoms with Gasteiger partial charge in [0.25, 0.3) is 5.91 Å². The number of rotatable bonds is 3. The van der Waals surface area contributed by atoms with Crippen molar-refractivity contribution in [1.82, 2.24) is 4.90 Å². The topological polar surface area (TPSA) is 62.9 Å². The monoisotopic (exact) mass is 355 g/mol. The lowest BCUT2D eigenvalue weighted by atomic mass is 9.66. The van der Waals surface area contributed by atoms with Gasteiger partial charge in [-0.1, -0.05) is 31.0 Å². The van der Waals surface area contributed by atoms with Crippen LogP contribution in [0.25, 0.3) is 0 Å². The third-order valence-electron chi connectivity index (χ3n) is 6.02. The minimum atomic E-state index is -0.719. The van der Waals surface area contributed by atoms with Gasteiger partial charge in [0.05, 0.1) is 25.0 Å². The zero-order chi connectivity index (χ0) is 18.1. The van der Waals surface area contributed by atoms with Crippen molar-refractivity contribution in [2.24, 2.45) is 5.92 Å². The maximum Gasteiger partial charge on any atom is 0.290 e. The molecule has 4 rings (SSSR count). The lowest BCUT2D eigenvalue weighted by Crippen LogP contribution is -2.56. The van der Waals surface area contributed by atoms with Gasteiger partial charge >= 0.3 is 0 Å². The Morgan fingerprint density at radius 3 is 2.85 bits per heavy atom. The maximum atomic E-state index is 13.1. The fraction of sp³-hybridized carbons (Fsp3) is 0.476. The molecule has 1 aromatic heterocycles. The Morgan fingerprint density at radius 2 is 2.08 bits per heavy atom. The van der Waals surface area contributed by atoms with Crippen molar-refractivity contribution in [2.45, 2.75) is 43.7 Å². The van der Waals surface area contributed by atoms with Gasteiger partial charge in [0.15, 0.2) is 5.76 Å². The summed E-state index contributed by atoms with van der Waals surface area (Å²) in [4.78, 5) is 15.0. The second-order valence-corrected chi connectivity index (χ2v) is 7.37. The van der Waals surface area contributed by atoms with E-state index in [0.29, 0.717) is 18.7 Å². The molecule has 1 N–H and O–H groups in total. The summed E-state index contributed by atoms with van der Waals surface area (Å²) in [6, 6.07) is 11.0. The number of furan rings is 1. The predicted molar refractivity (Wildman–Crippen MR) is 97.0 cm³/mol. The minimum absolute atomic E-state index is 0.000197. The molecule has 1 aliphatic carbocycles. The fourth-order valence-corrected chi connectivity index (χ4v) is 4.75. The summed E-state index contributed by atoms with van der Waals surface area (Å²) in [5.41, 5.74) is 0.240. The summed E-state index contributed by atoms with van der Waals surface area (Å²) in [5, 5.41) is 11.3. The van der Waals surface area contributed by atoms with Crippen LogP contribution in [0.2, 0.25) is 0 Å². The van der Waals surface area contributed by atoms with E-state index >= 15 is 0 Å². The molecule has 2 heterocycles. The van der Waals surface area contributed by atoms with E-state index in [2.05, 4.69) is 0 Å². The van der Waals surface area contributed by atoms with Gasteiger partial charge in [-0.05, 0) is 37.5 Å². The molecule has 3 atom stereocenters. The normalized spacial score (nSPS) is 28.5. The van der Waals surface area contributed by atoms with E-state index < -0.39 is 5.60 Å². The van der Waals surface area contributed by atoms with Crippen LogP contribution >= 0.6 is 0 Å². The van der Waals surface area contributed by atoms with E-state index in [1.165, 1.54) is 6.26 Å². The number of hydrogen-bond donors (Lipinski definition) is 1. The number of nitrogens with zero attached hydrogens (tertiary/aromatic N) is 1. The number of likely N-dealkylation sites (tertiary alicyclic amines) is 1. The van der Waals surface area contributed by atoms with Gasteiger partial charge in [-0.25, -0.2) is 0 Å². The van der Waals surface area contributed by atoms with Gasteiger partial charge in [0.1, 0.15) is 5.75 Å². The average Bonchev–Trinajstić information content (AvgIpc) is 3.21. The van der Waals surface area contributed by atoms with Crippen LogP contribution in [0.1, 0.15) is 54.3 Å². The van der Waals surface area contributed by atoms with E-state index in [4.69, 9.17) is 9.15 Å². The van der Waals surface area contributed by atoms with Crippen LogP contribution < -0.4 is 4.74 Å². The van der Waals surface area contributed by atoms with Crippen LogP contribution in [-0.4, -0.2) is 35.2 Å². The Hall–Kier alpha value is -2.27. The van der Waals surface area contributed by atoms with Crippen molar-refractivity contribution in [1.29, 1.82) is 0 Å². The highest BCUT2D eigenvalue weighted by atomic mass is 16.5. The highest BCUT2D eigenvalue weighted by Crippen LogP contribution is 2.51. The number of fused-ring (bicyclic) bond motifs is 1. The lowest BCUT2D eigenvalue weighted by Gasteiger charge is -2.52. The van der Waals surface area contributed by atoms with Crippen LogP contribution in [0.4, 0.5) is 0 Å². The fourth-order valence-electron chi connectivity index (χ4n) is 4.75. The molecule has 0 spiro atoms. The average molecular weight is 355 g/mol. The highest BCUT2D eigenvalue weighted by Gasteiger charge is 2.51. The molecule has 1 amide bonds. The van der Waals surface area contributed by atoms with Crippen molar-refractivity contribution >= 4 is 5.91 Å². The summed E-state index contributed by atoms with van der Waals surface area (Å²) < 4.78 is 11.0. The Bertz CT molecular complexity index is 772. The standard InChI is InChI=1S/C21H25NO4/c1-25-17-9-3-2-7-15(17)19-16-8-4-5-11-21(16,24)12-13-22(19)20(23)18-10-6-14-26-18/h2-3,6-7,9-10,14,16,19,24H,4-5,8,11-13H2,1H3. The Kier molecular flexibility index (Phi) is 4.49.